The second-order valence-corrected chi connectivity index (χ2v) is 8.06. The van der Waals surface area contributed by atoms with Crippen molar-refractivity contribution in [1.82, 2.24) is 5.32 Å². The smallest absolute Gasteiger partial charge is 0.340 e. The Kier molecular flexibility index (Phi) is 6.56. The summed E-state index contributed by atoms with van der Waals surface area (Å²) in [6.07, 6.45) is 0.726. The zero-order valence-electron chi connectivity index (χ0n) is 18.2. The Labute approximate surface area is 191 Å². The number of aryl methyl sites for hydroxylation is 1. The third-order valence-electron chi connectivity index (χ3n) is 5.86. The molecule has 0 saturated carbocycles. The van der Waals surface area contributed by atoms with Gasteiger partial charge in [-0.2, -0.15) is 0 Å². The van der Waals surface area contributed by atoms with E-state index < -0.39 is 17.6 Å². The van der Waals surface area contributed by atoms with Crippen LogP contribution in [0.15, 0.2) is 82.0 Å². The van der Waals surface area contributed by atoms with E-state index in [2.05, 4.69) is 5.32 Å². The van der Waals surface area contributed by atoms with Crippen LogP contribution in [-0.4, -0.2) is 22.2 Å². The number of phenols is 1. The predicted octanol–water partition coefficient (Wildman–Crippen LogP) is 4.18. The van der Waals surface area contributed by atoms with Gasteiger partial charge in [0, 0.05) is 23.9 Å². The molecule has 0 amide bonds. The van der Waals surface area contributed by atoms with Crippen LogP contribution in [0.5, 0.6) is 5.75 Å². The van der Waals surface area contributed by atoms with Crippen molar-refractivity contribution in [2.24, 2.45) is 0 Å². The van der Waals surface area contributed by atoms with E-state index >= 15 is 0 Å². The molecule has 1 heterocycles. The van der Waals surface area contributed by atoms with Crippen LogP contribution in [-0.2, 0) is 24.2 Å². The Morgan fingerprint density at radius 3 is 2.21 bits per heavy atom. The van der Waals surface area contributed by atoms with Gasteiger partial charge < -0.3 is 14.6 Å². The lowest BCUT2D eigenvalue weighted by Crippen LogP contribution is -2.38. The first-order chi connectivity index (χ1) is 15.9. The molecule has 3 N–H and O–H groups in total. The fourth-order valence-electron chi connectivity index (χ4n) is 4.00. The lowest BCUT2D eigenvalue weighted by Gasteiger charge is -2.17. The zero-order chi connectivity index (χ0) is 23.4. The summed E-state index contributed by atoms with van der Waals surface area (Å²) in [4.78, 5) is 24.6. The van der Waals surface area contributed by atoms with Crippen LogP contribution >= 0.6 is 0 Å². The molecule has 0 spiro atoms. The van der Waals surface area contributed by atoms with Crippen molar-refractivity contribution in [3.63, 3.8) is 0 Å². The van der Waals surface area contributed by atoms with Gasteiger partial charge in [-0.15, -0.1) is 0 Å². The SMILES string of the molecule is Cc1c(Cc2ccccc2)c(=O)oc2c(CNC(Cc3ccccc3)C(=O)O)c(O)ccc12. The number of nitrogens with one attached hydrogen (secondary N) is 1. The molecule has 0 radical (unpaired) electrons. The van der Waals surface area contributed by atoms with Gasteiger partial charge in [-0.05, 0) is 42.2 Å². The summed E-state index contributed by atoms with van der Waals surface area (Å²) in [5.74, 6) is -1.06. The maximum Gasteiger partial charge on any atom is 0.340 e. The summed E-state index contributed by atoms with van der Waals surface area (Å²) in [7, 11) is 0. The summed E-state index contributed by atoms with van der Waals surface area (Å²) in [5, 5.41) is 23.8. The van der Waals surface area contributed by atoms with Gasteiger partial charge in [0.25, 0.3) is 0 Å². The standard InChI is InChI=1S/C27H25NO5/c1-17-20-12-13-24(29)22(16-28-23(26(30)31)15-19-10-6-3-7-11-19)25(20)33-27(32)21(17)14-18-8-4-2-5-9-18/h2-13,23,28-29H,14-16H2,1H3,(H,30,31). The van der Waals surface area contributed by atoms with E-state index in [1.165, 1.54) is 0 Å². The molecule has 0 saturated heterocycles. The normalized spacial score (nSPS) is 12.0. The number of carbonyl (C=O) groups is 1. The molecule has 33 heavy (non-hydrogen) atoms. The fourth-order valence-corrected chi connectivity index (χ4v) is 4.00. The Hall–Kier alpha value is -3.90. The highest BCUT2D eigenvalue weighted by Crippen LogP contribution is 2.30. The number of hydrogen-bond acceptors (Lipinski definition) is 5. The molecule has 4 aromatic rings. The third kappa shape index (κ3) is 4.96. The number of benzene rings is 3. The van der Waals surface area contributed by atoms with Crippen LogP contribution in [0.1, 0.15) is 27.8 Å². The molecular weight excluding hydrogens is 418 g/mol. The minimum atomic E-state index is -0.999. The van der Waals surface area contributed by atoms with Gasteiger partial charge >= 0.3 is 11.6 Å². The Morgan fingerprint density at radius 1 is 0.939 bits per heavy atom. The summed E-state index contributed by atoms with van der Waals surface area (Å²) in [5.41, 5.74) is 3.39. The zero-order valence-corrected chi connectivity index (χ0v) is 18.2. The van der Waals surface area contributed by atoms with Crippen LogP contribution in [0.25, 0.3) is 11.0 Å². The second kappa shape index (κ2) is 9.71. The molecule has 0 fully saturated rings. The van der Waals surface area contributed by atoms with Gasteiger partial charge in [-0.3, -0.25) is 10.1 Å². The maximum absolute atomic E-state index is 12.8. The molecule has 1 atom stereocenters. The molecule has 6 nitrogen and oxygen atoms in total. The number of hydrogen-bond donors (Lipinski definition) is 3. The molecule has 168 valence electrons. The minimum Gasteiger partial charge on any atom is -0.507 e. The average molecular weight is 443 g/mol. The molecule has 0 aliphatic rings. The summed E-state index contributed by atoms with van der Waals surface area (Å²) in [6.45, 7) is 1.90. The van der Waals surface area contributed by atoms with Crippen molar-refractivity contribution in [3.8, 4) is 5.75 Å². The van der Waals surface area contributed by atoms with Gasteiger partial charge in [0.15, 0.2) is 0 Å². The first-order valence-electron chi connectivity index (χ1n) is 10.7. The van der Waals surface area contributed by atoms with Crippen LogP contribution < -0.4 is 10.9 Å². The first-order valence-corrected chi connectivity index (χ1v) is 10.7. The first kappa shape index (κ1) is 22.3. The van der Waals surface area contributed by atoms with E-state index in [-0.39, 0.29) is 24.3 Å². The van der Waals surface area contributed by atoms with Crippen LogP contribution in [0.2, 0.25) is 0 Å². The van der Waals surface area contributed by atoms with Crippen molar-refractivity contribution >= 4 is 16.9 Å². The Morgan fingerprint density at radius 2 is 1.58 bits per heavy atom. The molecule has 0 aliphatic carbocycles. The van der Waals surface area contributed by atoms with Crippen molar-refractivity contribution in [2.45, 2.75) is 32.4 Å². The number of fused-ring (bicyclic) bond motifs is 1. The summed E-state index contributed by atoms with van der Waals surface area (Å²) in [6, 6.07) is 21.4. The van der Waals surface area contributed by atoms with Crippen molar-refractivity contribution in [1.29, 1.82) is 0 Å². The van der Waals surface area contributed by atoms with E-state index in [0.29, 0.717) is 22.9 Å². The summed E-state index contributed by atoms with van der Waals surface area (Å²) < 4.78 is 5.67. The lowest BCUT2D eigenvalue weighted by atomic mass is 9.98. The summed E-state index contributed by atoms with van der Waals surface area (Å²) >= 11 is 0. The highest BCUT2D eigenvalue weighted by molar-refractivity contribution is 5.86. The number of carboxylic acids is 1. The van der Waals surface area contributed by atoms with E-state index in [9.17, 15) is 19.8 Å². The highest BCUT2D eigenvalue weighted by atomic mass is 16.4. The molecule has 1 aromatic heterocycles. The van der Waals surface area contributed by atoms with E-state index in [0.717, 1.165) is 16.7 Å². The van der Waals surface area contributed by atoms with E-state index in [1.807, 2.05) is 67.6 Å². The highest BCUT2D eigenvalue weighted by Gasteiger charge is 2.21. The monoisotopic (exact) mass is 443 g/mol. The van der Waals surface area contributed by atoms with Crippen molar-refractivity contribution < 1.29 is 19.4 Å². The van der Waals surface area contributed by atoms with E-state index in [1.54, 1.807) is 12.1 Å². The second-order valence-electron chi connectivity index (χ2n) is 8.06. The van der Waals surface area contributed by atoms with Gasteiger partial charge in [0.1, 0.15) is 17.4 Å². The fraction of sp³-hybridized carbons (Fsp3) is 0.185. The van der Waals surface area contributed by atoms with Crippen LogP contribution in [0, 0.1) is 6.92 Å². The van der Waals surface area contributed by atoms with Crippen LogP contribution in [0.4, 0.5) is 0 Å². The van der Waals surface area contributed by atoms with Crippen molar-refractivity contribution in [2.75, 3.05) is 0 Å². The third-order valence-corrected chi connectivity index (χ3v) is 5.86. The van der Waals surface area contributed by atoms with Gasteiger partial charge in [0.05, 0.1) is 5.56 Å². The molecule has 6 heteroatoms. The molecule has 0 aliphatic heterocycles. The predicted molar refractivity (Wildman–Crippen MR) is 127 cm³/mol. The van der Waals surface area contributed by atoms with Gasteiger partial charge in [-0.25, -0.2) is 4.79 Å². The minimum absolute atomic E-state index is 0.0351. The molecular formula is C27H25NO5. The topological polar surface area (TPSA) is 99.8 Å². The number of carboxylic acid groups (broad SMARTS) is 1. The Balaban J connectivity index is 1.65. The molecule has 3 aromatic carbocycles. The Bertz CT molecular complexity index is 1330. The molecule has 1 unspecified atom stereocenters. The average Bonchev–Trinajstić information content (AvgIpc) is 2.81. The van der Waals surface area contributed by atoms with Crippen LogP contribution in [0.3, 0.4) is 0 Å². The number of rotatable bonds is 8. The molecule has 0 bridgehead atoms. The van der Waals surface area contributed by atoms with Gasteiger partial charge in [-0.1, -0.05) is 60.7 Å². The van der Waals surface area contributed by atoms with Crippen molar-refractivity contribution in [3.05, 3.63) is 111 Å². The maximum atomic E-state index is 12.8. The number of phenolic OH excluding ortho intramolecular Hbond substituents is 1. The van der Waals surface area contributed by atoms with E-state index in [4.69, 9.17) is 4.42 Å². The quantitative estimate of drug-likeness (QED) is 0.353. The lowest BCUT2D eigenvalue weighted by molar-refractivity contribution is -0.139. The largest absolute Gasteiger partial charge is 0.507 e. The number of aromatic hydroxyl groups is 1. The van der Waals surface area contributed by atoms with Gasteiger partial charge in [0.2, 0.25) is 0 Å². The number of aliphatic carboxylic acids is 1. The molecule has 4 rings (SSSR count).